The van der Waals surface area contributed by atoms with E-state index in [-0.39, 0.29) is 70.6 Å². The van der Waals surface area contributed by atoms with Crippen LogP contribution >= 0.6 is 0 Å². The van der Waals surface area contributed by atoms with Crippen LogP contribution in [0.2, 0.25) is 0 Å². The fourth-order valence-corrected chi connectivity index (χ4v) is 7.15. The van der Waals surface area contributed by atoms with Crippen molar-refractivity contribution in [2.45, 2.75) is 155 Å². The molecular weight excluding hydrogens is 655 g/mol. The first-order chi connectivity index (χ1) is 21.7. The van der Waals surface area contributed by atoms with E-state index in [4.69, 9.17) is 8.37 Å². The summed E-state index contributed by atoms with van der Waals surface area (Å²) in [4.78, 5) is 0. The van der Waals surface area contributed by atoms with Crippen LogP contribution in [-0.4, -0.2) is 76.0 Å². The van der Waals surface area contributed by atoms with Crippen molar-refractivity contribution in [3.8, 4) is 11.5 Å². The normalized spacial score (nSPS) is 11.4. The first-order valence-corrected chi connectivity index (χ1v) is 20.2. The Labute approximate surface area is 332 Å². The summed E-state index contributed by atoms with van der Waals surface area (Å²) in [6.07, 6.45) is 27.1. The van der Waals surface area contributed by atoms with Crippen LogP contribution in [0.1, 0.15) is 153 Å². The Bertz CT molecular complexity index is 1140. The molecule has 0 aliphatic rings. The van der Waals surface area contributed by atoms with Crippen molar-refractivity contribution in [3.05, 3.63) is 59.7 Å². The van der Waals surface area contributed by atoms with Crippen molar-refractivity contribution in [2.75, 3.05) is 0 Å². The van der Waals surface area contributed by atoms with Crippen molar-refractivity contribution >= 4 is 79.9 Å². The van der Waals surface area contributed by atoms with Crippen molar-refractivity contribution in [2.24, 2.45) is 0 Å². The Morgan fingerprint density at radius 2 is 0.660 bits per heavy atom. The standard InChI is InChI=1S/C36H58O7S2.2Na.2H/c1-3-5-7-9-11-13-15-17-19-21-23-33-25-29-35(30-26-33)41-44(37,38)43-45(39,40)42-36-31-27-34(28-32-36)24-22-20-18-16-14-12-10-8-6-4-2;;;;/h25-32H,3-24H2,1-2H3;;;;. The molecule has 0 unspecified atom stereocenters. The van der Waals surface area contributed by atoms with E-state index < -0.39 is 20.8 Å². The van der Waals surface area contributed by atoms with E-state index in [0.29, 0.717) is 0 Å². The average molecular weight is 715 g/mol. The van der Waals surface area contributed by atoms with Crippen LogP contribution < -0.4 is 8.37 Å². The van der Waals surface area contributed by atoms with Gasteiger partial charge in [0, 0.05) is 0 Å². The predicted molar refractivity (Wildman–Crippen MR) is 198 cm³/mol. The number of benzene rings is 2. The Morgan fingerprint density at radius 3 is 0.936 bits per heavy atom. The summed E-state index contributed by atoms with van der Waals surface area (Å²) in [6.45, 7) is 4.47. The molecule has 0 N–H and O–H groups in total. The van der Waals surface area contributed by atoms with Gasteiger partial charge in [-0.2, -0.15) is 16.8 Å². The molecule has 0 fully saturated rings. The minimum absolute atomic E-state index is 0. The van der Waals surface area contributed by atoms with Crippen molar-refractivity contribution < 1.29 is 28.8 Å². The third-order valence-corrected chi connectivity index (χ3v) is 10.2. The van der Waals surface area contributed by atoms with Gasteiger partial charge in [-0.3, -0.25) is 0 Å². The molecule has 0 saturated carbocycles. The zero-order valence-corrected chi connectivity index (χ0v) is 29.5. The number of aryl methyl sites for hydroxylation is 2. The van der Waals surface area contributed by atoms with Crippen LogP contribution in [0.3, 0.4) is 0 Å². The predicted octanol–water partition coefficient (Wildman–Crippen LogP) is 9.28. The van der Waals surface area contributed by atoms with Gasteiger partial charge in [0.2, 0.25) is 0 Å². The van der Waals surface area contributed by atoms with Crippen LogP contribution in [0.5, 0.6) is 11.5 Å². The molecule has 0 saturated heterocycles. The van der Waals surface area contributed by atoms with Crippen LogP contribution in [0.4, 0.5) is 0 Å². The SMILES string of the molecule is CCCCCCCCCCCCc1ccc(OS(=O)(=O)OS(=O)(=O)Oc2ccc(CCCCCCCCCCCC)cc2)cc1.[NaH].[NaH]. The molecule has 260 valence electrons. The van der Waals surface area contributed by atoms with E-state index in [0.717, 1.165) is 49.7 Å². The molecule has 0 aliphatic carbocycles. The molecule has 47 heavy (non-hydrogen) atoms. The summed E-state index contributed by atoms with van der Waals surface area (Å²) >= 11 is 0. The molecule has 0 aliphatic heterocycles. The van der Waals surface area contributed by atoms with E-state index in [2.05, 4.69) is 17.5 Å². The summed E-state index contributed by atoms with van der Waals surface area (Å²) in [7, 11) is -9.82. The monoisotopic (exact) mass is 714 g/mol. The van der Waals surface area contributed by atoms with Gasteiger partial charge in [0.1, 0.15) is 11.5 Å². The van der Waals surface area contributed by atoms with Gasteiger partial charge in [0.05, 0.1) is 0 Å². The minimum atomic E-state index is -4.91. The molecule has 0 atom stereocenters. The van der Waals surface area contributed by atoms with Crippen molar-refractivity contribution in [1.82, 2.24) is 0 Å². The van der Waals surface area contributed by atoms with E-state index in [1.165, 1.54) is 127 Å². The maximum absolute atomic E-state index is 12.3. The van der Waals surface area contributed by atoms with Crippen LogP contribution in [0.15, 0.2) is 48.5 Å². The Hall–Kier alpha value is -0.1000. The Morgan fingerprint density at radius 1 is 0.404 bits per heavy atom. The fraction of sp³-hybridized carbons (Fsp3) is 0.667. The van der Waals surface area contributed by atoms with Gasteiger partial charge in [0.25, 0.3) is 0 Å². The third kappa shape index (κ3) is 24.7. The van der Waals surface area contributed by atoms with Crippen LogP contribution in [0.25, 0.3) is 0 Å². The number of unbranched alkanes of at least 4 members (excludes halogenated alkanes) is 18. The van der Waals surface area contributed by atoms with Crippen LogP contribution in [0, 0.1) is 0 Å². The van der Waals surface area contributed by atoms with Crippen molar-refractivity contribution in [1.29, 1.82) is 0 Å². The average Bonchev–Trinajstić information content (AvgIpc) is 2.99. The molecule has 2 rings (SSSR count). The second-order valence-corrected chi connectivity index (χ2v) is 14.7. The summed E-state index contributed by atoms with van der Waals surface area (Å²) in [5.74, 6) is -0.0679. The summed E-state index contributed by atoms with van der Waals surface area (Å²) < 4.78 is 63.1. The molecule has 0 spiro atoms. The third-order valence-electron chi connectivity index (χ3n) is 8.05. The van der Waals surface area contributed by atoms with E-state index >= 15 is 0 Å². The molecule has 2 aromatic carbocycles. The number of hydrogen-bond donors (Lipinski definition) is 0. The second-order valence-electron chi connectivity index (χ2n) is 12.2. The molecule has 7 nitrogen and oxygen atoms in total. The summed E-state index contributed by atoms with van der Waals surface area (Å²) in [5.41, 5.74) is 2.13. The molecule has 0 amide bonds. The fourth-order valence-electron chi connectivity index (χ4n) is 5.42. The zero-order valence-electron chi connectivity index (χ0n) is 27.8. The maximum atomic E-state index is 12.3. The molecule has 0 aromatic heterocycles. The molecule has 0 heterocycles. The molecule has 11 heteroatoms. The quantitative estimate of drug-likeness (QED) is 0.0641. The topological polar surface area (TPSA) is 96.0 Å². The van der Waals surface area contributed by atoms with Crippen molar-refractivity contribution in [3.63, 3.8) is 0 Å². The Kier molecular flexibility index (Phi) is 28.5. The summed E-state index contributed by atoms with van der Waals surface area (Å²) in [5, 5.41) is 0. The van der Waals surface area contributed by atoms with E-state index in [9.17, 15) is 16.8 Å². The molecule has 2 aromatic rings. The first-order valence-electron chi connectivity index (χ1n) is 17.5. The van der Waals surface area contributed by atoms with Gasteiger partial charge in [0.15, 0.2) is 0 Å². The molecular formula is C36H60Na2O7S2. The van der Waals surface area contributed by atoms with Gasteiger partial charge >= 0.3 is 79.9 Å². The number of rotatable bonds is 28. The van der Waals surface area contributed by atoms with Gasteiger partial charge < -0.3 is 8.37 Å². The Balaban J connectivity index is 0.0000106. The number of hydrogen-bond acceptors (Lipinski definition) is 7. The van der Waals surface area contributed by atoms with Gasteiger partial charge in [-0.1, -0.05) is 157 Å². The van der Waals surface area contributed by atoms with Gasteiger partial charge in [-0.15, -0.1) is 0 Å². The summed E-state index contributed by atoms with van der Waals surface area (Å²) in [6, 6.07) is 13.1. The van der Waals surface area contributed by atoms with Gasteiger partial charge in [-0.25, -0.2) is 0 Å². The molecule has 0 radical (unpaired) electrons. The zero-order chi connectivity index (χ0) is 32.6. The van der Waals surface area contributed by atoms with E-state index in [1.807, 2.05) is 0 Å². The molecule has 0 bridgehead atoms. The second kappa shape index (κ2) is 28.6. The van der Waals surface area contributed by atoms with Crippen LogP contribution in [-0.2, 0) is 37.3 Å². The van der Waals surface area contributed by atoms with E-state index in [1.54, 1.807) is 24.3 Å². The first kappa shape index (κ1) is 46.9. The van der Waals surface area contributed by atoms with Gasteiger partial charge in [-0.05, 0) is 61.1 Å².